The minimum atomic E-state index is -3.87. The minimum Gasteiger partial charge on any atom is -0.247 e. The molecule has 0 saturated carbocycles. The van der Waals surface area contributed by atoms with E-state index in [1.807, 2.05) is 4.72 Å². The Hall–Kier alpha value is -2.12. The third-order valence-electron chi connectivity index (χ3n) is 2.76. The number of sulfonamides is 1. The summed E-state index contributed by atoms with van der Waals surface area (Å²) in [5.74, 6) is 0.0681. The number of aromatic nitrogens is 1. The lowest BCUT2D eigenvalue weighted by Gasteiger charge is -2.28. The molecule has 1 aromatic heterocycles. The number of urea groups is 1. The van der Waals surface area contributed by atoms with Crippen molar-refractivity contribution < 1.29 is 13.2 Å². The Balaban J connectivity index is 2.21. The van der Waals surface area contributed by atoms with E-state index in [9.17, 15) is 13.2 Å². The molecule has 0 fully saturated rings. The van der Waals surface area contributed by atoms with Crippen LogP contribution in [0.1, 0.15) is 0 Å². The van der Waals surface area contributed by atoms with E-state index in [1.54, 1.807) is 24.3 Å². The maximum Gasteiger partial charge on any atom is 0.341 e. The number of nitrogens with zero attached hydrogens (tertiary/aromatic N) is 2. The molecule has 1 aliphatic rings. The van der Waals surface area contributed by atoms with Gasteiger partial charge in [0.2, 0.25) is 0 Å². The summed E-state index contributed by atoms with van der Waals surface area (Å²) < 4.78 is 25.8. The van der Waals surface area contributed by atoms with E-state index in [2.05, 4.69) is 4.98 Å². The van der Waals surface area contributed by atoms with Gasteiger partial charge in [-0.05, 0) is 36.4 Å². The molecule has 1 N–H and O–H groups in total. The molecule has 2 aromatic rings. The second-order valence-corrected chi connectivity index (χ2v) is 6.13. The van der Waals surface area contributed by atoms with Gasteiger partial charge in [0.15, 0.2) is 5.82 Å². The third-order valence-corrected chi connectivity index (χ3v) is 4.35. The number of benzene rings is 1. The van der Waals surface area contributed by atoms with Crippen LogP contribution in [0.25, 0.3) is 0 Å². The van der Waals surface area contributed by atoms with Gasteiger partial charge in [0.25, 0.3) is 10.0 Å². The van der Waals surface area contributed by atoms with Crippen LogP contribution in [0.15, 0.2) is 47.5 Å². The summed E-state index contributed by atoms with van der Waals surface area (Å²) in [6, 6.07) is 8.54. The van der Waals surface area contributed by atoms with Crippen molar-refractivity contribution in [3.63, 3.8) is 0 Å². The van der Waals surface area contributed by atoms with Crippen LogP contribution >= 0.6 is 11.6 Å². The summed E-state index contributed by atoms with van der Waals surface area (Å²) in [6.45, 7) is 0. The number of amides is 2. The minimum absolute atomic E-state index is 0.0467. The number of fused-ring (bicyclic) bond motifs is 1. The summed E-state index contributed by atoms with van der Waals surface area (Å²) in [5.41, 5.74) is 0.474. The molecule has 0 aliphatic carbocycles. The van der Waals surface area contributed by atoms with Crippen molar-refractivity contribution in [2.24, 2.45) is 0 Å². The molecule has 3 rings (SSSR count). The van der Waals surface area contributed by atoms with Crippen LogP contribution in [0.5, 0.6) is 0 Å². The molecule has 0 unspecified atom stereocenters. The van der Waals surface area contributed by atoms with Crippen molar-refractivity contribution in [2.45, 2.75) is 4.90 Å². The van der Waals surface area contributed by atoms with Crippen LogP contribution < -0.4 is 9.62 Å². The summed E-state index contributed by atoms with van der Waals surface area (Å²) in [6.07, 6.45) is 1.43. The van der Waals surface area contributed by atoms with Crippen molar-refractivity contribution in [3.8, 4) is 0 Å². The van der Waals surface area contributed by atoms with Gasteiger partial charge in [0, 0.05) is 11.2 Å². The van der Waals surface area contributed by atoms with Gasteiger partial charge in [-0.15, -0.1) is 0 Å². The number of anilines is 2. The maximum atomic E-state index is 12.0. The Kier molecular flexibility index (Phi) is 2.88. The monoisotopic (exact) mass is 309 g/mol. The van der Waals surface area contributed by atoms with Crippen LogP contribution in [0.3, 0.4) is 0 Å². The van der Waals surface area contributed by atoms with Gasteiger partial charge in [0.05, 0.1) is 5.69 Å². The number of hydrogen-bond acceptors (Lipinski definition) is 4. The predicted octanol–water partition coefficient (Wildman–Crippen LogP) is 2.29. The van der Waals surface area contributed by atoms with E-state index < -0.39 is 16.1 Å². The first-order valence-corrected chi connectivity index (χ1v) is 7.43. The van der Waals surface area contributed by atoms with E-state index in [-0.39, 0.29) is 10.7 Å². The molecule has 8 heteroatoms. The molecule has 0 bridgehead atoms. The number of hydrogen-bond donors (Lipinski definition) is 1. The first-order chi connectivity index (χ1) is 9.49. The van der Waals surface area contributed by atoms with Gasteiger partial charge in [-0.25, -0.2) is 27.8 Å². The molecule has 0 spiro atoms. The highest BCUT2D eigenvalue weighted by molar-refractivity contribution is 7.90. The topological polar surface area (TPSA) is 79.4 Å². The van der Waals surface area contributed by atoms with Gasteiger partial charge < -0.3 is 0 Å². The molecule has 6 nitrogen and oxygen atoms in total. The Labute approximate surface area is 120 Å². The number of carbonyl (C=O) groups is 1. The van der Waals surface area contributed by atoms with Gasteiger partial charge in [-0.2, -0.15) is 0 Å². The molecule has 2 amide bonds. The Morgan fingerprint density at radius 3 is 2.55 bits per heavy atom. The number of carbonyl (C=O) groups excluding carboxylic acids is 1. The van der Waals surface area contributed by atoms with E-state index in [0.717, 1.165) is 0 Å². The van der Waals surface area contributed by atoms with Crippen molar-refractivity contribution in [2.75, 3.05) is 4.90 Å². The van der Waals surface area contributed by atoms with Crippen LogP contribution in [-0.2, 0) is 10.0 Å². The summed E-state index contributed by atoms with van der Waals surface area (Å²) in [5, 5.41) is 0.514. The summed E-state index contributed by atoms with van der Waals surface area (Å²) in [4.78, 5) is 17.2. The molecule has 102 valence electrons. The van der Waals surface area contributed by atoms with Crippen molar-refractivity contribution in [1.82, 2.24) is 9.71 Å². The lowest BCUT2D eigenvalue weighted by Crippen LogP contribution is -2.45. The Morgan fingerprint density at radius 1 is 1.15 bits per heavy atom. The molecule has 1 aliphatic heterocycles. The number of rotatable bonds is 1. The van der Waals surface area contributed by atoms with E-state index >= 15 is 0 Å². The fraction of sp³-hybridized carbons (Fsp3) is 0. The number of nitrogens with one attached hydrogen (secondary N) is 1. The van der Waals surface area contributed by atoms with Crippen LogP contribution in [0, 0.1) is 0 Å². The second kappa shape index (κ2) is 4.46. The Bertz CT molecular complexity index is 790. The molecule has 0 saturated heterocycles. The first kappa shape index (κ1) is 12.9. The largest absolute Gasteiger partial charge is 0.341 e. The molecule has 0 radical (unpaired) electrons. The van der Waals surface area contributed by atoms with E-state index in [1.165, 1.54) is 23.2 Å². The normalized spacial score (nSPS) is 16.4. The molecule has 0 atom stereocenters. The van der Waals surface area contributed by atoms with Crippen LogP contribution in [-0.4, -0.2) is 19.4 Å². The fourth-order valence-electron chi connectivity index (χ4n) is 1.90. The van der Waals surface area contributed by atoms with Gasteiger partial charge in [-0.1, -0.05) is 11.6 Å². The van der Waals surface area contributed by atoms with Crippen LogP contribution in [0.4, 0.5) is 16.3 Å². The molecule has 20 heavy (non-hydrogen) atoms. The van der Waals surface area contributed by atoms with Crippen molar-refractivity contribution in [1.29, 1.82) is 0 Å². The van der Waals surface area contributed by atoms with Gasteiger partial charge in [-0.3, -0.25) is 0 Å². The first-order valence-electron chi connectivity index (χ1n) is 5.56. The maximum absolute atomic E-state index is 12.0. The average Bonchev–Trinajstić information content (AvgIpc) is 2.40. The quantitative estimate of drug-likeness (QED) is 0.876. The van der Waals surface area contributed by atoms with Crippen LogP contribution in [0.2, 0.25) is 5.02 Å². The number of halogens is 1. The zero-order valence-electron chi connectivity index (χ0n) is 9.95. The number of pyridine rings is 1. The fourth-order valence-corrected chi connectivity index (χ4v) is 3.10. The highest BCUT2D eigenvalue weighted by Gasteiger charge is 2.35. The lowest BCUT2D eigenvalue weighted by molar-refractivity contribution is 0.252. The summed E-state index contributed by atoms with van der Waals surface area (Å²) >= 11 is 5.80. The standard InChI is InChI=1S/C12H8ClN3O3S/c13-8-3-5-9(6-4-8)16-11-10(2-1-7-14-11)20(18,19)15-12(16)17/h1-7H,(H,15,17). The highest BCUT2D eigenvalue weighted by Crippen LogP contribution is 2.33. The summed E-state index contributed by atoms with van der Waals surface area (Å²) in [7, 11) is -3.87. The molecule has 1 aromatic carbocycles. The molecular formula is C12H8ClN3O3S. The van der Waals surface area contributed by atoms with Crippen molar-refractivity contribution >= 4 is 39.2 Å². The predicted molar refractivity (Wildman–Crippen MR) is 73.5 cm³/mol. The van der Waals surface area contributed by atoms with E-state index in [4.69, 9.17) is 11.6 Å². The van der Waals surface area contributed by atoms with Gasteiger partial charge >= 0.3 is 6.03 Å². The molecule has 2 heterocycles. The third kappa shape index (κ3) is 2.00. The smallest absolute Gasteiger partial charge is 0.247 e. The Morgan fingerprint density at radius 2 is 1.85 bits per heavy atom. The zero-order valence-corrected chi connectivity index (χ0v) is 11.5. The van der Waals surface area contributed by atoms with Gasteiger partial charge in [0.1, 0.15) is 4.90 Å². The molecular weight excluding hydrogens is 302 g/mol. The van der Waals surface area contributed by atoms with Crippen molar-refractivity contribution in [3.05, 3.63) is 47.6 Å². The second-order valence-electron chi connectivity index (χ2n) is 4.05. The SMILES string of the molecule is O=C1NS(=O)(=O)c2cccnc2N1c1ccc(Cl)cc1. The van der Waals surface area contributed by atoms with E-state index in [0.29, 0.717) is 10.7 Å². The average molecular weight is 310 g/mol. The lowest BCUT2D eigenvalue weighted by atomic mass is 10.3. The highest BCUT2D eigenvalue weighted by atomic mass is 35.5. The zero-order chi connectivity index (χ0) is 14.3.